The lowest BCUT2D eigenvalue weighted by molar-refractivity contribution is 0.101. The number of anilines is 1. The van der Waals surface area contributed by atoms with Gasteiger partial charge in [-0.05, 0) is 37.6 Å². The number of hydrogen-bond donors (Lipinski definition) is 1. The molecule has 1 N–H and O–H groups in total. The predicted molar refractivity (Wildman–Crippen MR) is 91.5 cm³/mol. The fraction of sp³-hybridized carbons (Fsp3) is 0.158. The van der Waals surface area contributed by atoms with Gasteiger partial charge < -0.3 is 9.88 Å². The Balaban J connectivity index is 2.08. The molecule has 0 aliphatic carbocycles. The molecule has 0 spiro atoms. The van der Waals surface area contributed by atoms with Crippen LogP contribution in [0.4, 0.5) is 5.69 Å². The normalized spacial score (nSPS) is 10.5. The Morgan fingerprint density at radius 2 is 1.87 bits per heavy atom. The summed E-state index contributed by atoms with van der Waals surface area (Å²) in [5.41, 5.74) is 3.63. The van der Waals surface area contributed by atoms with Gasteiger partial charge in [0.2, 0.25) is 0 Å². The summed E-state index contributed by atoms with van der Waals surface area (Å²) < 4.78 is 2.01. The van der Waals surface area contributed by atoms with Crippen LogP contribution in [0.2, 0.25) is 0 Å². The fourth-order valence-electron chi connectivity index (χ4n) is 2.97. The van der Waals surface area contributed by atoms with Crippen molar-refractivity contribution in [2.24, 2.45) is 0 Å². The zero-order chi connectivity index (χ0) is 16.4. The number of benzene rings is 2. The molecule has 0 unspecified atom stereocenters. The van der Waals surface area contributed by atoms with Gasteiger partial charge >= 0.3 is 0 Å². The summed E-state index contributed by atoms with van der Waals surface area (Å²) in [5, 5.41) is 13.1. The average Bonchev–Trinajstić information content (AvgIpc) is 2.88. The minimum absolute atomic E-state index is 0.191. The number of aryl methyl sites for hydroxylation is 2. The topological polar surface area (TPSA) is 57.8 Å². The molecule has 1 heterocycles. The second-order valence-corrected chi connectivity index (χ2v) is 5.35. The number of carbonyl (C=O) groups is 1. The molecule has 0 saturated carbocycles. The first kappa shape index (κ1) is 14.9. The lowest BCUT2D eigenvalue weighted by Crippen LogP contribution is -2.18. The van der Waals surface area contributed by atoms with Crippen molar-refractivity contribution in [3.8, 4) is 6.07 Å². The van der Waals surface area contributed by atoms with Gasteiger partial charge in [-0.15, -0.1) is 0 Å². The molecule has 0 fully saturated rings. The molecule has 0 radical (unpaired) electrons. The molecule has 0 aliphatic heterocycles. The maximum absolute atomic E-state index is 12.8. The van der Waals surface area contributed by atoms with E-state index in [1.165, 1.54) is 0 Å². The minimum Gasteiger partial charge on any atom is -0.337 e. The third kappa shape index (κ3) is 2.47. The van der Waals surface area contributed by atoms with Crippen LogP contribution in [0.15, 0.2) is 48.5 Å². The van der Waals surface area contributed by atoms with E-state index in [0.717, 1.165) is 16.5 Å². The van der Waals surface area contributed by atoms with Gasteiger partial charge in [0.05, 0.1) is 11.3 Å². The van der Waals surface area contributed by atoms with Gasteiger partial charge in [0.1, 0.15) is 11.8 Å². The smallest absolute Gasteiger partial charge is 0.272 e. The maximum Gasteiger partial charge on any atom is 0.272 e. The van der Waals surface area contributed by atoms with Gasteiger partial charge in [0.25, 0.3) is 5.91 Å². The fourth-order valence-corrected chi connectivity index (χ4v) is 2.97. The van der Waals surface area contributed by atoms with Crippen molar-refractivity contribution in [1.82, 2.24) is 4.57 Å². The van der Waals surface area contributed by atoms with Gasteiger partial charge in [-0.3, -0.25) is 4.79 Å². The van der Waals surface area contributed by atoms with Gasteiger partial charge in [0.15, 0.2) is 0 Å². The van der Waals surface area contributed by atoms with Crippen molar-refractivity contribution in [3.05, 3.63) is 65.4 Å². The number of aromatic nitrogens is 1. The highest BCUT2D eigenvalue weighted by Gasteiger charge is 2.19. The number of hydrogen-bond acceptors (Lipinski definition) is 2. The molecule has 0 saturated heterocycles. The van der Waals surface area contributed by atoms with Gasteiger partial charge in [-0.25, -0.2) is 0 Å². The van der Waals surface area contributed by atoms with Crippen LogP contribution in [-0.4, -0.2) is 10.5 Å². The number of amides is 1. The quantitative estimate of drug-likeness (QED) is 0.792. The molecule has 0 aliphatic rings. The predicted octanol–water partition coefficient (Wildman–Crippen LogP) is 4.09. The first-order valence-corrected chi connectivity index (χ1v) is 7.55. The van der Waals surface area contributed by atoms with Gasteiger partial charge in [-0.1, -0.05) is 30.3 Å². The van der Waals surface area contributed by atoms with Crippen LogP contribution in [0.3, 0.4) is 0 Å². The first-order valence-electron chi connectivity index (χ1n) is 7.55. The number of nitrogens with one attached hydrogen (secondary N) is 1. The Morgan fingerprint density at radius 3 is 2.61 bits per heavy atom. The standard InChI is InChI=1S/C19H17N3O/c1-3-22-17-11-7-5-9-15(17)13(2)18(22)19(23)21-16-10-6-4-8-14(16)12-20/h4-11H,3H2,1-2H3,(H,21,23). The Kier molecular flexibility index (Phi) is 3.86. The molecule has 3 rings (SSSR count). The summed E-state index contributed by atoms with van der Waals surface area (Å²) >= 11 is 0. The molecule has 1 amide bonds. The molecule has 114 valence electrons. The van der Waals surface area contributed by atoms with E-state index in [2.05, 4.69) is 11.4 Å². The number of para-hydroxylation sites is 2. The maximum atomic E-state index is 12.8. The van der Waals surface area contributed by atoms with Gasteiger partial charge in [-0.2, -0.15) is 5.26 Å². The zero-order valence-corrected chi connectivity index (χ0v) is 13.1. The minimum atomic E-state index is -0.191. The lowest BCUT2D eigenvalue weighted by atomic mass is 10.1. The number of nitriles is 1. The number of fused-ring (bicyclic) bond motifs is 1. The Labute approximate surface area is 135 Å². The molecule has 2 aromatic carbocycles. The summed E-state index contributed by atoms with van der Waals surface area (Å²) in [6.45, 7) is 4.68. The number of nitrogens with zero attached hydrogens (tertiary/aromatic N) is 2. The number of carbonyl (C=O) groups excluding carboxylic acids is 1. The van der Waals surface area contributed by atoms with Crippen molar-refractivity contribution in [1.29, 1.82) is 5.26 Å². The Bertz CT molecular complexity index is 931. The third-order valence-corrected chi connectivity index (χ3v) is 4.05. The highest BCUT2D eigenvalue weighted by molar-refractivity contribution is 6.08. The van der Waals surface area contributed by atoms with E-state index in [0.29, 0.717) is 23.5 Å². The molecule has 4 nitrogen and oxygen atoms in total. The molecule has 1 aromatic heterocycles. The summed E-state index contributed by atoms with van der Waals surface area (Å²) in [5.74, 6) is -0.191. The second kappa shape index (κ2) is 5.98. The van der Waals surface area contributed by atoms with Gasteiger partial charge in [0, 0.05) is 17.4 Å². The summed E-state index contributed by atoms with van der Waals surface area (Å²) in [4.78, 5) is 12.8. The molecule has 3 aromatic rings. The van der Waals surface area contributed by atoms with Crippen LogP contribution in [0, 0.1) is 18.3 Å². The molecular weight excluding hydrogens is 286 g/mol. The van der Waals surface area contributed by atoms with E-state index in [-0.39, 0.29) is 5.91 Å². The molecule has 4 heteroatoms. The summed E-state index contributed by atoms with van der Waals surface area (Å²) in [6, 6.07) is 17.1. The van der Waals surface area contributed by atoms with Crippen LogP contribution in [0.1, 0.15) is 28.5 Å². The molecule has 23 heavy (non-hydrogen) atoms. The zero-order valence-electron chi connectivity index (χ0n) is 13.1. The SMILES string of the molecule is CCn1c(C(=O)Nc2ccccc2C#N)c(C)c2ccccc21. The van der Waals surface area contributed by atoms with Crippen LogP contribution in [0.5, 0.6) is 0 Å². The van der Waals surface area contributed by atoms with Crippen molar-refractivity contribution in [3.63, 3.8) is 0 Å². The van der Waals surface area contributed by atoms with E-state index in [1.54, 1.807) is 24.3 Å². The highest BCUT2D eigenvalue weighted by atomic mass is 16.2. The van der Waals surface area contributed by atoms with E-state index in [4.69, 9.17) is 5.26 Å². The van der Waals surface area contributed by atoms with Crippen molar-refractivity contribution < 1.29 is 4.79 Å². The van der Waals surface area contributed by atoms with Crippen LogP contribution < -0.4 is 5.32 Å². The molecule has 0 atom stereocenters. The van der Waals surface area contributed by atoms with Crippen molar-refractivity contribution in [2.45, 2.75) is 20.4 Å². The van der Waals surface area contributed by atoms with Crippen LogP contribution in [-0.2, 0) is 6.54 Å². The second-order valence-electron chi connectivity index (χ2n) is 5.35. The van der Waals surface area contributed by atoms with Crippen LogP contribution >= 0.6 is 0 Å². The van der Waals surface area contributed by atoms with Crippen LogP contribution in [0.25, 0.3) is 10.9 Å². The van der Waals surface area contributed by atoms with E-state index in [9.17, 15) is 4.79 Å². The Morgan fingerprint density at radius 1 is 1.17 bits per heavy atom. The molecular formula is C19H17N3O. The third-order valence-electron chi connectivity index (χ3n) is 4.05. The monoisotopic (exact) mass is 303 g/mol. The average molecular weight is 303 g/mol. The van der Waals surface area contributed by atoms with Crippen molar-refractivity contribution in [2.75, 3.05) is 5.32 Å². The summed E-state index contributed by atoms with van der Waals surface area (Å²) in [7, 11) is 0. The highest BCUT2D eigenvalue weighted by Crippen LogP contribution is 2.26. The summed E-state index contributed by atoms with van der Waals surface area (Å²) in [6.07, 6.45) is 0. The largest absolute Gasteiger partial charge is 0.337 e. The van der Waals surface area contributed by atoms with E-state index in [1.807, 2.05) is 42.7 Å². The Hall–Kier alpha value is -3.06. The first-order chi connectivity index (χ1) is 11.2. The lowest BCUT2D eigenvalue weighted by Gasteiger charge is -2.10. The van der Waals surface area contributed by atoms with E-state index >= 15 is 0 Å². The van der Waals surface area contributed by atoms with Crippen molar-refractivity contribution >= 4 is 22.5 Å². The number of rotatable bonds is 3. The molecule has 0 bridgehead atoms. The van der Waals surface area contributed by atoms with E-state index < -0.39 is 0 Å².